The molecule has 0 amide bonds. The summed E-state index contributed by atoms with van der Waals surface area (Å²) in [6.07, 6.45) is 0. The topological polar surface area (TPSA) is 57.5 Å². The lowest BCUT2D eigenvalue weighted by Crippen LogP contribution is -2.02. The molecule has 2 aromatic rings. The van der Waals surface area contributed by atoms with E-state index in [2.05, 4.69) is 15.9 Å². The number of hydrogen-bond acceptors (Lipinski definition) is 4. The van der Waals surface area contributed by atoms with Crippen LogP contribution in [-0.4, -0.2) is 21.7 Å². The number of thioether (sulfide) groups is 1. The van der Waals surface area contributed by atoms with Gasteiger partial charge in [0.05, 0.1) is 5.75 Å². The fourth-order valence-electron chi connectivity index (χ4n) is 1.49. The minimum Gasteiger partial charge on any atom is -0.504 e. The molecule has 0 atom stereocenters. The smallest absolute Gasteiger partial charge is 0.173 e. The van der Waals surface area contributed by atoms with Gasteiger partial charge in [-0.05, 0) is 46.3 Å². The van der Waals surface area contributed by atoms with E-state index in [0.29, 0.717) is 5.56 Å². The van der Waals surface area contributed by atoms with Gasteiger partial charge in [-0.25, -0.2) is 0 Å². The van der Waals surface area contributed by atoms with Crippen LogP contribution in [0, 0.1) is 0 Å². The molecule has 2 N–H and O–H groups in total. The summed E-state index contributed by atoms with van der Waals surface area (Å²) in [4.78, 5) is 12.9. The molecule has 0 saturated carbocycles. The summed E-state index contributed by atoms with van der Waals surface area (Å²) in [5, 5.41) is 18.6. The molecular formula is C14H11BrO3S. The van der Waals surface area contributed by atoms with E-state index in [-0.39, 0.29) is 23.0 Å². The third kappa shape index (κ3) is 3.52. The van der Waals surface area contributed by atoms with Gasteiger partial charge in [-0.3, -0.25) is 4.79 Å². The van der Waals surface area contributed by atoms with Crippen LogP contribution in [0.4, 0.5) is 0 Å². The van der Waals surface area contributed by atoms with Crippen molar-refractivity contribution in [2.45, 2.75) is 4.90 Å². The summed E-state index contributed by atoms with van der Waals surface area (Å²) in [6.45, 7) is 0. The van der Waals surface area contributed by atoms with Gasteiger partial charge in [-0.2, -0.15) is 0 Å². The molecule has 19 heavy (non-hydrogen) atoms. The standard InChI is InChI=1S/C14H11BrO3S/c15-10-3-1-2-4-14(10)19-8-13(18)9-5-6-11(16)12(17)7-9/h1-7,16-17H,8H2. The molecule has 0 heterocycles. The molecule has 0 fully saturated rings. The van der Waals surface area contributed by atoms with Crippen LogP contribution in [0.1, 0.15) is 10.4 Å². The lowest BCUT2D eigenvalue weighted by molar-refractivity contribution is 0.102. The molecule has 0 aliphatic rings. The molecule has 2 rings (SSSR count). The van der Waals surface area contributed by atoms with Crippen LogP contribution in [-0.2, 0) is 0 Å². The van der Waals surface area contributed by atoms with Crippen molar-refractivity contribution < 1.29 is 15.0 Å². The monoisotopic (exact) mass is 338 g/mol. The number of phenolic OH excluding ortho intramolecular Hbond substituents is 2. The van der Waals surface area contributed by atoms with Gasteiger partial charge in [0.2, 0.25) is 0 Å². The van der Waals surface area contributed by atoms with Crippen molar-refractivity contribution in [3.63, 3.8) is 0 Å². The number of Topliss-reactive ketones (excluding diaryl/α,β-unsaturated/α-hetero) is 1. The van der Waals surface area contributed by atoms with Gasteiger partial charge in [0.25, 0.3) is 0 Å². The average Bonchev–Trinajstić information content (AvgIpc) is 2.40. The number of rotatable bonds is 4. The second-order valence-corrected chi connectivity index (χ2v) is 5.72. The third-order valence-electron chi connectivity index (χ3n) is 2.49. The van der Waals surface area contributed by atoms with Crippen LogP contribution in [0.15, 0.2) is 51.8 Å². The molecule has 0 aliphatic heterocycles. The summed E-state index contributed by atoms with van der Waals surface area (Å²) in [7, 11) is 0. The van der Waals surface area contributed by atoms with E-state index >= 15 is 0 Å². The van der Waals surface area contributed by atoms with Gasteiger partial charge in [-0.15, -0.1) is 11.8 Å². The first-order chi connectivity index (χ1) is 9.08. The van der Waals surface area contributed by atoms with E-state index in [1.165, 1.54) is 30.0 Å². The number of phenols is 2. The van der Waals surface area contributed by atoms with E-state index in [1.54, 1.807) is 0 Å². The van der Waals surface area contributed by atoms with Crippen molar-refractivity contribution in [3.8, 4) is 11.5 Å². The predicted molar refractivity (Wildman–Crippen MR) is 79.0 cm³/mol. The summed E-state index contributed by atoms with van der Waals surface area (Å²) in [5.41, 5.74) is 0.384. The first-order valence-corrected chi connectivity index (χ1v) is 7.28. The Kier molecular flexibility index (Phi) is 4.50. The average molecular weight is 339 g/mol. The quantitative estimate of drug-likeness (QED) is 0.505. The fourth-order valence-corrected chi connectivity index (χ4v) is 2.95. The van der Waals surface area contributed by atoms with Crippen molar-refractivity contribution in [1.29, 1.82) is 0 Å². The molecule has 0 radical (unpaired) electrons. The SMILES string of the molecule is O=C(CSc1ccccc1Br)c1ccc(O)c(O)c1. The van der Waals surface area contributed by atoms with Crippen molar-refractivity contribution >= 4 is 33.5 Å². The van der Waals surface area contributed by atoms with Crippen molar-refractivity contribution in [1.82, 2.24) is 0 Å². The van der Waals surface area contributed by atoms with Crippen LogP contribution >= 0.6 is 27.7 Å². The Morgan fingerprint density at radius 3 is 2.53 bits per heavy atom. The minimum atomic E-state index is -0.281. The molecular weight excluding hydrogens is 328 g/mol. The number of hydrogen-bond donors (Lipinski definition) is 2. The van der Waals surface area contributed by atoms with Crippen LogP contribution < -0.4 is 0 Å². The number of carbonyl (C=O) groups excluding carboxylic acids is 1. The van der Waals surface area contributed by atoms with E-state index in [0.717, 1.165) is 9.37 Å². The predicted octanol–water partition coefficient (Wildman–Crippen LogP) is 3.84. The number of aromatic hydroxyl groups is 2. The zero-order chi connectivity index (χ0) is 13.8. The maximum Gasteiger partial charge on any atom is 0.173 e. The molecule has 0 saturated heterocycles. The number of carbonyl (C=O) groups is 1. The molecule has 0 bridgehead atoms. The first kappa shape index (κ1) is 14.0. The van der Waals surface area contributed by atoms with Gasteiger partial charge in [-0.1, -0.05) is 12.1 Å². The summed E-state index contributed by atoms with van der Waals surface area (Å²) < 4.78 is 0.946. The van der Waals surface area contributed by atoms with E-state index in [4.69, 9.17) is 0 Å². The summed E-state index contributed by atoms with van der Waals surface area (Å²) in [5.74, 6) is -0.338. The Hall–Kier alpha value is -1.46. The van der Waals surface area contributed by atoms with Crippen molar-refractivity contribution in [2.24, 2.45) is 0 Å². The van der Waals surface area contributed by atoms with Crippen LogP contribution in [0.3, 0.4) is 0 Å². The van der Waals surface area contributed by atoms with Gasteiger partial charge >= 0.3 is 0 Å². The van der Waals surface area contributed by atoms with Crippen LogP contribution in [0.25, 0.3) is 0 Å². The van der Waals surface area contributed by atoms with Gasteiger partial charge in [0.15, 0.2) is 17.3 Å². The Labute approximate surface area is 123 Å². The van der Waals surface area contributed by atoms with Crippen molar-refractivity contribution in [3.05, 3.63) is 52.5 Å². The van der Waals surface area contributed by atoms with Crippen molar-refractivity contribution in [2.75, 3.05) is 5.75 Å². The zero-order valence-corrected chi connectivity index (χ0v) is 12.2. The summed E-state index contributed by atoms with van der Waals surface area (Å²) >= 11 is 4.84. The highest BCUT2D eigenvalue weighted by molar-refractivity contribution is 9.10. The normalized spacial score (nSPS) is 10.4. The van der Waals surface area contributed by atoms with E-state index in [9.17, 15) is 15.0 Å². The Morgan fingerprint density at radius 2 is 1.84 bits per heavy atom. The molecule has 0 aliphatic carbocycles. The number of ketones is 1. The first-order valence-electron chi connectivity index (χ1n) is 5.50. The molecule has 2 aromatic carbocycles. The molecule has 98 valence electrons. The van der Waals surface area contributed by atoms with Gasteiger partial charge in [0, 0.05) is 14.9 Å². The van der Waals surface area contributed by atoms with Crippen LogP contribution in [0.5, 0.6) is 11.5 Å². The third-order valence-corrected chi connectivity index (χ3v) is 4.52. The minimum absolute atomic E-state index is 0.101. The molecule has 3 nitrogen and oxygen atoms in total. The molecule has 0 spiro atoms. The molecule has 0 aromatic heterocycles. The lowest BCUT2D eigenvalue weighted by atomic mass is 10.1. The fraction of sp³-hybridized carbons (Fsp3) is 0.0714. The lowest BCUT2D eigenvalue weighted by Gasteiger charge is -2.05. The van der Waals surface area contributed by atoms with Gasteiger partial charge < -0.3 is 10.2 Å². The number of halogens is 1. The molecule has 0 unspecified atom stereocenters. The highest BCUT2D eigenvalue weighted by atomic mass is 79.9. The highest BCUT2D eigenvalue weighted by Gasteiger charge is 2.10. The van der Waals surface area contributed by atoms with Crippen LogP contribution in [0.2, 0.25) is 0 Å². The zero-order valence-electron chi connectivity index (χ0n) is 9.84. The Bertz CT molecular complexity index is 613. The highest BCUT2D eigenvalue weighted by Crippen LogP contribution is 2.29. The molecule has 5 heteroatoms. The summed E-state index contributed by atoms with van der Waals surface area (Å²) in [6, 6.07) is 11.7. The maximum absolute atomic E-state index is 12.0. The number of benzene rings is 2. The second-order valence-electron chi connectivity index (χ2n) is 3.85. The largest absolute Gasteiger partial charge is 0.504 e. The van der Waals surface area contributed by atoms with E-state index < -0.39 is 0 Å². The Balaban J connectivity index is 2.05. The van der Waals surface area contributed by atoms with E-state index in [1.807, 2.05) is 24.3 Å². The second kappa shape index (κ2) is 6.12. The van der Waals surface area contributed by atoms with Gasteiger partial charge in [0.1, 0.15) is 0 Å². The maximum atomic E-state index is 12.0. The Morgan fingerprint density at radius 1 is 1.11 bits per heavy atom.